The molecular formula is C20H22N4O4S. The van der Waals surface area contributed by atoms with Crippen molar-refractivity contribution in [3.63, 3.8) is 0 Å². The lowest BCUT2D eigenvalue weighted by atomic mass is 10.2. The van der Waals surface area contributed by atoms with Crippen molar-refractivity contribution in [2.45, 2.75) is 30.7 Å². The molecule has 3 aromatic rings. The fourth-order valence-corrected chi connectivity index (χ4v) is 4.29. The highest BCUT2D eigenvalue weighted by atomic mass is 32.2. The summed E-state index contributed by atoms with van der Waals surface area (Å²) >= 11 is 0. The highest BCUT2D eigenvalue weighted by Gasteiger charge is 2.18. The van der Waals surface area contributed by atoms with Crippen LogP contribution in [-0.2, 0) is 10.0 Å². The number of aryl methyl sites for hydroxylation is 1. The number of hydrogen-bond acceptors (Lipinski definition) is 7. The number of benzene rings is 1. The number of rotatable bonds is 7. The van der Waals surface area contributed by atoms with Gasteiger partial charge in [0.05, 0.1) is 22.5 Å². The molecule has 0 bridgehead atoms. The minimum atomic E-state index is -3.75. The summed E-state index contributed by atoms with van der Waals surface area (Å²) in [5, 5.41) is 3.36. The third-order valence-corrected chi connectivity index (χ3v) is 6.16. The fourth-order valence-electron chi connectivity index (χ4n) is 3.17. The first-order valence-electron chi connectivity index (χ1n) is 9.37. The standard InChI is InChI=1S/C20H22N4O4S/c1-14-18(8-9-20(23-14)27-12-16-3-2-10-22-16)24-29(25,26)17-6-4-15(5-7-17)19-11-21-13-28-19/h4-9,11,13,16,22,24H,2-3,10,12H2,1H3. The van der Waals surface area contributed by atoms with Crippen LogP contribution in [0.3, 0.4) is 0 Å². The van der Waals surface area contributed by atoms with Gasteiger partial charge in [0.25, 0.3) is 10.0 Å². The molecule has 0 aliphatic carbocycles. The first kappa shape index (κ1) is 19.4. The molecular weight excluding hydrogens is 392 g/mol. The summed E-state index contributed by atoms with van der Waals surface area (Å²) in [6.07, 6.45) is 5.14. The largest absolute Gasteiger partial charge is 0.476 e. The summed E-state index contributed by atoms with van der Waals surface area (Å²) in [5.74, 6) is 1.06. The van der Waals surface area contributed by atoms with Gasteiger partial charge < -0.3 is 14.5 Å². The second-order valence-electron chi connectivity index (χ2n) is 6.88. The van der Waals surface area contributed by atoms with E-state index in [4.69, 9.17) is 9.15 Å². The molecule has 0 radical (unpaired) electrons. The van der Waals surface area contributed by atoms with Gasteiger partial charge in [-0.2, -0.15) is 0 Å². The average molecular weight is 414 g/mol. The van der Waals surface area contributed by atoms with Gasteiger partial charge in [-0.1, -0.05) is 0 Å². The van der Waals surface area contributed by atoms with Crippen LogP contribution in [0.15, 0.2) is 58.3 Å². The molecule has 2 N–H and O–H groups in total. The second-order valence-corrected chi connectivity index (χ2v) is 8.56. The molecule has 1 fully saturated rings. The molecule has 9 heteroatoms. The Balaban J connectivity index is 1.44. The lowest BCUT2D eigenvalue weighted by molar-refractivity contribution is 0.267. The minimum absolute atomic E-state index is 0.146. The summed E-state index contributed by atoms with van der Waals surface area (Å²) in [5.41, 5.74) is 1.71. The van der Waals surface area contributed by atoms with Gasteiger partial charge in [-0.05, 0) is 56.6 Å². The molecule has 1 aromatic carbocycles. The molecule has 1 atom stereocenters. The summed E-state index contributed by atoms with van der Waals surface area (Å²) in [4.78, 5) is 8.37. The van der Waals surface area contributed by atoms with Crippen molar-refractivity contribution in [3.05, 3.63) is 54.7 Å². The number of hydrogen-bond donors (Lipinski definition) is 2. The van der Waals surface area contributed by atoms with E-state index < -0.39 is 10.0 Å². The predicted octanol–water partition coefficient (Wildman–Crippen LogP) is 2.98. The van der Waals surface area contributed by atoms with Crippen molar-refractivity contribution in [3.8, 4) is 17.2 Å². The Bertz CT molecular complexity index is 1060. The molecule has 1 saturated heterocycles. The number of ether oxygens (including phenoxy) is 1. The number of pyridine rings is 1. The highest BCUT2D eigenvalue weighted by molar-refractivity contribution is 7.92. The van der Waals surface area contributed by atoms with Gasteiger partial charge in [0, 0.05) is 17.7 Å². The molecule has 2 aromatic heterocycles. The highest BCUT2D eigenvalue weighted by Crippen LogP contribution is 2.24. The van der Waals surface area contributed by atoms with Crippen LogP contribution in [0.5, 0.6) is 5.88 Å². The van der Waals surface area contributed by atoms with Crippen molar-refractivity contribution in [2.24, 2.45) is 0 Å². The fraction of sp³-hybridized carbons (Fsp3) is 0.300. The van der Waals surface area contributed by atoms with E-state index in [1.807, 2.05) is 0 Å². The third kappa shape index (κ3) is 4.57. The Morgan fingerprint density at radius 3 is 2.72 bits per heavy atom. The minimum Gasteiger partial charge on any atom is -0.476 e. The zero-order valence-electron chi connectivity index (χ0n) is 16.0. The molecule has 1 unspecified atom stereocenters. The Morgan fingerprint density at radius 1 is 1.24 bits per heavy atom. The summed E-state index contributed by atoms with van der Waals surface area (Å²) < 4.78 is 39.0. The smallest absolute Gasteiger partial charge is 0.261 e. The first-order valence-corrected chi connectivity index (χ1v) is 10.9. The van der Waals surface area contributed by atoms with Crippen LogP contribution in [-0.4, -0.2) is 37.6 Å². The van der Waals surface area contributed by atoms with E-state index in [1.165, 1.54) is 18.5 Å². The molecule has 3 heterocycles. The Kier molecular flexibility index (Phi) is 5.50. The average Bonchev–Trinajstić information content (AvgIpc) is 3.42. The van der Waals surface area contributed by atoms with Gasteiger partial charge in [-0.25, -0.2) is 18.4 Å². The molecule has 29 heavy (non-hydrogen) atoms. The Hall–Kier alpha value is -2.91. The third-order valence-electron chi connectivity index (χ3n) is 4.78. The monoisotopic (exact) mass is 414 g/mol. The van der Waals surface area contributed by atoms with Crippen LogP contribution < -0.4 is 14.8 Å². The topological polar surface area (TPSA) is 106 Å². The quantitative estimate of drug-likeness (QED) is 0.612. The number of oxazole rings is 1. The number of sulfonamides is 1. The van der Waals surface area contributed by atoms with Gasteiger partial charge in [0.1, 0.15) is 6.61 Å². The van der Waals surface area contributed by atoms with E-state index in [1.54, 1.807) is 37.4 Å². The van der Waals surface area contributed by atoms with E-state index in [-0.39, 0.29) is 4.90 Å². The molecule has 8 nitrogen and oxygen atoms in total. The van der Waals surface area contributed by atoms with E-state index in [0.717, 1.165) is 24.9 Å². The van der Waals surface area contributed by atoms with Crippen LogP contribution in [0, 0.1) is 6.92 Å². The maximum atomic E-state index is 12.7. The van der Waals surface area contributed by atoms with Gasteiger partial charge >= 0.3 is 0 Å². The van der Waals surface area contributed by atoms with Crippen molar-refractivity contribution in [2.75, 3.05) is 17.9 Å². The Morgan fingerprint density at radius 2 is 2.07 bits per heavy atom. The molecule has 1 aliphatic rings. The zero-order valence-corrected chi connectivity index (χ0v) is 16.8. The lowest BCUT2D eigenvalue weighted by Crippen LogP contribution is -2.28. The normalized spacial score (nSPS) is 16.7. The van der Waals surface area contributed by atoms with Crippen LogP contribution >= 0.6 is 0 Å². The number of nitrogens with zero attached hydrogens (tertiary/aromatic N) is 2. The van der Waals surface area contributed by atoms with E-state index in [9.17, 15) is 8.42 Å². The van der Waals surface area contributed by atoms with Crippen LogP contribution in [0.25, 0.3) is 11.3 Å². The maximum Gasteiger partial charge on any atom is 0.261 e. The molecule has 1 aliphatic heterocycles. The van der Waals surface area contributed by atoms with Gasteiger partial charge in [0.15, 0.2) is 12.2 Å². The predicted molar refractivity (Wildman–Crippen MR) is 108 cm³/mol. The zero-order chi connectivity index (χ0) is 20.3. The van der Waals surface area contributed by atoms with Crippen molar-refractivity contribution in [1.29, 1.82) is 0 Å². The van der Waals surface area contributed by atoms with E-state index in [2.05, 4.69) is 20.0 Å². The van der Waals surface area contributed by atoms with Crippen molar-refractivity contribution < 1.29 is 17.6 Å². The van der Waals surface area contributed by atoms with Gasteiger partial charge in [-0.3, -0.25) is 4.72 Å². The van der Waals surface area contributed by atoms with Gasteiger partial charge in [0.2, 0.25) is 5.88 Å². The lowest BCUT2D eigenvalue weighted by Gasteiger charge is -2.14. The molecule has 0 amide bonds. The molecule has 0 spiro atoms. The first-order chi connectivity index (χ1) is 14.0. The maximum absolute atomic E-state index is 12.7. The number of nitrogens with one attached hydrogen (secondary N) is 2. The van der Waals surface area contributed by atoms with E-state index in [0.29, 0.717) is 35.7 Å². The molecule has 152 valence electrons. The van der Waals surface area contributed by atoms with Crippen LogP contribution in [0.2, 0.25) is 0 Å². The second kappa shape index (κ2) is 8.22. The van der Waals surface area contributed by atoms with Crippen LogP contribution in [0.1, 0.15) is 18.5 Å². The van der Waals surface area contributed by atoms with E-state index >= 15 is 0 Å². The summed E-state index contributed by atoms with van der Waals surface area (Å²) in [6.45, 7) is 3.31. The molecule has 4 rings (SSSR count). The summed E-state index contributed by atoms with van der Waals surface area (Å²) in [7, 11) is -3.75. The number of aromatic nitrogens is 2. The SMILES string of the molecule is Cc1nc(OCC2CCCN2)ccc1NS(=O)(=O)c1ccc(-c2cnco2)cc1. The molecule has 0 saturated carbocycles. The number of anilines is 1. The summed E-state index contributed by atoms with van der Waals surface area (Å²) in [6, 6.07) is 10.1. The van der Waals surface area contributed by atoms with Crippen molar-refractivity contribution in [1.82, 2.24) is 15.3 Å². The van der Waals surface area contributed by atoms with Crippen LogP contribution in [0.4, 0.5) is 5.69 Å². The van der Waals surface area contributed by atoms with Gasteiger partial charge in [-0.15, -0.1) is 0 Å². The van der Waals surface area contributed by atoms with Crippen molar-refractivity contribution >= 4 is 15.7 Å². The Labute approximate surface area is 169 Å².